The minimum absolute atomic E-state index is 0.0187. The number of amides is 1. The van der Waals surface area contributed by atoms with Gasteiger partial charge in [0.25, 0.3) is 0 Å². The van der Waals surface area contributed by atoms with Crippen molar-refractivity contribution < 1.29 is 14.3 Å². The van der Waals surface area contributed by atoms with Crippen molar-refractivity contribution in [2.45, 2.75) is 32.2 Å². The average molecular weight is 315 g/mol. The van der Waals surface area contributed by atoms with Crippen molar-refractivity contribution in [2.75, 3.05) is 19.5 Å². The summed E-state index contributed by atoms with van der Waals surface area (Å²) in [4.78, 5) is 12.2. The molecule has 0 saturated carbocycles. The number of anilines is 1. The Morgan fingerprint density at radius 2 is 2.04 bits per heavy atom. The van der Waals surface area contributed by atoms with Crippen LogP contribution in [0.3, 0.4) is 0 Å². The van der Waals surface area contributed by atoms with Crippen LogP contribution in [-0.2, 0) is 4.79 Å². The zero-order valence-electron chi connectivity index (χ0n) is 13.8. The van der Waals surface area contributed by atoms with Gasteiger partial charge in [0.15, 0.2) is 11.5 Å². The molecule has 0 aliphatic carbocycles. The number of aromatic nitrogens is 2. The molecule has 6 nitrogen and oxygen atoms in total. The Labute approximate surface area is 135 Å². The molecule has 0 bridgehead atoms. The van der Waals surface area contributed by atoms with E-state index in [-0.39, 0.29) is 17.9 Å². The van der Waals surface area contributed by atoms with Crippen LogP contribution in [0.4, 0.5) is 5.82 Å². The van der Waals surface area contributed by atoms with Gasteiger partial charge in [-0.1, -0.05) is 12.1 Å². The highest BCUT2D eigenvalue weighted by atomic mass is 16.5. The fourth-order valence-electron chi connectivity index (χ4n) is 3.09. The lowest BCUT2D eigenvalue weighted by molar-refractivity contribution is -0.116. The maximum absolute atomic E-state index is 12.2. The number of rotatable bonds is 4. The Morgan fingerprint density at radius 3 is 2.70 bits per heavy atom. The molecule has 1 unspecified atom stereocenters. The highest BCUT2D eigenvalue weighted by Crippen LogP contribution is 2.44. The average Bonchev–Trinajstić information content (AvgIpc) is 2.97. The van der Waals surface area contributed by atoms with E-state index < -0.39 is 0 Å². The number of methoxy groups -OCH3 is 2. The molecule has 0 fully saturated rings. The SMILES string of the molecule is COc1cccc(C2CC(=O)Nc3c2cnn3C(C)C)c1OC. The van der Waals surface area contributed by atoms with Crippen LogP contribution >= 0.6 is 0 Å². The maximum atomic E-state index is 12.2. The highest BCUT2D eigenvalue weighted by molar-refractivity contribution is 5.94. The van der Waals surface area contributed by atoms with Gasteiger partial charge >= 0.3 is 0 Å². The second-order valence-corrected chi connectivity index (χ2v) is 5.87. The van der Waals surface area contributed by atoms with Crippen molar-refractivity contribution in [3.63, 3.8) is 0 Å². The van der Waals surface area contributed by atoms with Crippen LogP contribution in [0.2, 0.25) is 0 Å². The van der Waals surface area contributed by atoms with Gasteiger partial charge in [0, 0.05) is 29.5 Å². The minimum Gasteiger partial charge on any atom is -0.493 e. The van der Waals surface area contributed by atoms with Crippen molar-refractivity contribution in [1.82, 2.24) is 9.78 Å². The topological polar surface area (TPSA) is 65.4 Å². The zero-order valence-corrected chi connectivity index (χ0v) is 13.8. The standard InChI is InChI=1S/C17H21N3O3/c1-10(2)20-17-13(9-18-20)12(8-15(21)19-17)11-6-5-7-14(22-3)16(11)23-4/h5-7,9-10,12H,8H2,1-4H3,(H,19,21). The Kier molecular flexibility index (Phi) is 3.98. The Balaban J connectivity index is 2.14. The Bertz CT molecular complexity index is 737. The lowest BCUT2D eigenvalue weighted by Gasteiger charge is -2.26. The normalized spacial score (nSPS) is 16.9. The molecule has 6 heteroatoms. The van der Waals surface area contributed by atoms with Gasteiger partial charge in [0.05, 0.1) is 20.4 Å². The van der Waals surface area contributed by atoms with Gasteiger partial charge in [-0.25, -0.2) is 4.68 Å². The van der Waals surface area contributed by atoms with Crippen molar-refractivity contribution in [3.05, 3.63) is 35.5 Å². The summed E-state index contributed by atoms with van der Waals surface area (Å²) in [6.07, 6.45) is 2.19. The number of ether oxygens (including phenoxy) is 2. The first kappa shape index (κ1) is 15.4. The number of nitrogens with one attached hydrogen (secondary N) is 1. The summed E-state index contributed by atoms with van der Waals surface area (Å²) in [6.45, 7) is 4.07. The number of hydrogen-bond acceptors (Lipinski definition) is 4. The molecule has 2 heterocycles. The maximum Gasteiger partial charge on any atom is 0.226 e. The zero-order chi connectivity index (χ0) is 16.6. The van der Waals surface area contributed by atoms with Crippen LogP contribution in [0.1, 0.15) is 43.4 Å². The second-order valence-electron chi connectivity index (χ2n) is 5.87. The number of fused-ring (bicyclic) bond motifs is 1. The number of para-hydroxylation sites is 1. The molecule has 0 radical (unpaired) electrons. The predicted octanol–water partition coefficient (Wildman–Crippen LogP) is 2.96. The largest absolute Gasteiger partial charge is 0.493 e. The third-order valence-electron chi connectivity index (χ3n) is 4.14. The van der Waals surface area contributed by atoms with Crippen LogP contribution in [-0.4, -0.2) is 29.9 Å². The quantitative estimate of drug-likeness (QED) is 0.942. The molecule has 1 N–H and O–H groups in total. The summed E-state index contributed by atoms with van der Waals surface area (Å²) in [7, 11) is 3.22. The highest BCUT2D eigenvalue weighted by Gasteiger charge is 2.32. The van der Waals surface area contributed by atoms with Crippen LogP contribution in [0, 0.1) is 0 Å². The smallest absolute Gasteiger partial charge is 0.226 e. The monoisotopic (exact) mass is 315 g/mol. The summed E-state index contributed by atoms with van der Waals surface area (Å²) >= 11 is 0. The summed E-state index contributed by atoms with van der Waals surface area (Å²) in [5.41, 5.74) is 1.94. The fourth-order valence-corrected chi connectivity index (χ4v) is 3.09. The van der Waals surface area contributed by atoms with Gasteiger partial charge in [-0.15, -0.1) is 0 Å². The third kappa shape index (κ3) is 2.54. The number of benzene rings is 1. The van der Waals surface area contributed by atoms with Gasteiger partial charge in [-0.05, 0) is 19.9 Å². The van der Waals surface area contributed by atoms with E-state index in [9.17, 15) is 4.79 Å². The molecule has 1 aliphatic rings. The van der Waals surface area contributed by atoms with Gasteiger partial charge in [0.2, 0.25) is 5.91 Å². The van der Waals surface area contributed by atoms with E-state index in [1.165, 1.54) is 0 Å². The van der Waals surface area contributed by atoms with E-state index in [1.54, 1.807) is 14.2 Å². The summed E-state index contributed by atoms with van der Waals surface area (Å²) in [5.74, 6) is 1.98. The van der Waals surface area contributed by atoms with E-state index in [1.807, 2.05) is 42.9 Å². The van der Waals surface area contributed by atoms with Crippen molar-refractivity contribution in [3.8, 4) is 11.5 Å². The molecular formula is C17H21N3O3. The van der Waals surface area contributed by atoms with Gasteiger partial charge in [-0.2, -0.15) is 5.10 Å². The Hall–Kier alpha value is -2.50. The van der Waals surface area contributed by atoms with Crippen LogP contribution in [0.15, 0.2) is 24.4 Å². The molecule has 1 aromatic heterocycles. The lowest BCUT2D eigenvalue weighted by Crippen LogP contribution is -2.25. The molecule has 0 spiro atoms. The molecule has 1 aromatic carbocycles. The summed E-state index contributed by atoms with van der Waals surface area (Å²) < 4.78 is 12.8. The lowest BCUT2D eigenvalue weighted by atomic mass is 9.86. The molecule has 3 rings (SSSR count). The first-order valence-corrected chi connectivity index (χ1v) is 7.65. The first-order chi connectivity index (χ1) is 11.1. The minimum atomic E-state index is -0.101. The van der Waals surface area contributed by atoms with Gasteiger partial charge in [-0.3, -0.25) is 4.79 Å². The number of carbonyl (C=O) groups is 1. The molecule has 1 atom stereocenters. The molecule has 23 heavy (non-hydrogen) atoms. The van der Waals surface area contributed by atoms with Gasteiger partial charge in [0.1, 0.15) is 5.82 Å². The van der Waals surface area contributed by atoms with E-state index in [2.05, 4.69) is 10.4 Å². The van der Waals surface area contributed by atoms with E-state index in [4.69, 9.17) is 9.47 Å². The first-order valence-electron chi connectivity index (χ1n) is 7.65. The van der Waals surface area contributed by atoms with Crippen molar-refractivity contribution in [2.24, 2.45) is 0 Å². The molecule has 122 valence electrons. The number of nitrogens with zero attached hydrogens (tertiary/aromatic N) is 2. The van der Waals surface area contributed by atoms with E-state index in [0.29, 0.717) is 17.9 Å². The van der Waals surface area contributed by atoms with Gasteiger partial charge < -0.3 is 14.8 Å². The Morgan fingerprint density at radius 1 is 1.26 bits per heavy atom. The second kappa shape index (κ2) is 5.95. The number of hydrogen-bond donors (Lipinski definition) is 1. The summed E-state index contributed by atoms with van der Waals surface area (Å²) in [5, 5.41) is 7.38. The van der Waals surface area contributed by atoms with Crippen LogP contribution < -0.4 is 14.8 Å². The number of carbonyl (C=O) groups excluding carboxylic acids is 1. The van der Waals surface area contributed by atoms with Crippen LogP contribution in [0.25, 0.3) is 0 Å². The molecule has 0 saturated heterocycles. The van der Waals surface area contributed by atoms with E-state index >= 15 is 0 Å². The fraction of sp³-hybridized carbons (Fsp3) is 0.412. The molecule has 1 aliphatic heterocycles. The third-order valence-corrected chi connectivity index (χ3v) is 4.14. The van der Waals surface area contributed by atoms with E-state index in [0.717, 1.165) is 16.9 Å². The molecule has 2 aromatic rings. The van der Waals surface area contributed by atoms with Crippen molar-refractivity contribution in [1.29, 1.82) is 0 Å². The molecular weight excluding hydrogens is 294 g/mol. The van der Waals surface area contributed by atoms with Crippen LogP contribution in [0.5, 0.6) is 11.5 Å². The summed E-state index contributed by atoms with van der Waals surface area (Å²) in [6, 6.07) is 5.91. The molecule has 1 amide bonds. The predicted molar refractivity (Wildman–Crippen MR) is 87.2 cm³/mol. The van der Waals surface area contributed by atoms with Crippen molar-refractivity contribution >= 4 is 11.7 Å².